The van der Waals surface area contributed by atoms with Gasteiger partial charge in [-0.05, 0) is 54.6 Å². The number of hydrogen-bond acceptors (Lipinski definition) is 6. The molecule has 0 aliphatic carbocycles. The molecule has 0 atom stereocenters. The van der Waals surface area contributed by atoms with Gasteiger partial charge in [-0.2, -0.15) is 0 Å². The summed E-state index contributed by atoms with van der Waals surface area (Å²) in [5.74, 6) is 0.360. The summed E-state index contributed by atoms with van der Waals surface area (Å²) in [7, 11) is -4.10. The third kappa shape index (κ3) is 5.07. The maximum Gasteiger partial charge on any atom is 0.264 e. The average molecular weight is 516 g/mol. The number of amides is 1. The molecule has 0 unspecified atom stereocenters. The molecule has 1 aromatic heterocycles. The van der Waals surface area contributed by atoms with E-state index in [1.807, 2.05) is 30.3 Å². The lowest BCUT2D eigenvalue weighted by Gasteiger charge is -2.26. The van der Waals surface area contributed by atoms with Crippen LogP contribution in [0.5, 0.6) is 11.5 Å². The maximum atomic E-state index is 13.7. The topological polar surface area (TPSA) is 88.6 Å². The number of hydrogen-bond donors (Lipinski definition) is 1. The molecule has 9 heteroatoms. The van der Waals surface area contributed by atoms with Crippen molar-refractivity contribution < 1.29 is 17.9 Å². The fourth-order valence-electron chi connectivity index (χ4n) is 3.65. The molecule has 1 amide bonds. The fourth-order valence-corrected chi connectivity index (χ4v) is 5.82. The van der Waals surface area contributed by atoms with Crippen LogP contribution in [0.25, 0.3) is 10.2 Å². The number of fused-ring (bicyclic) bond motifs is 1. The number of carbonyl (C=O) groups excluding carboxylic acids is 1. The first-order chi connectivity index (χ1) is 17.5. The van der Waals surface area contributed by atoms with Crippen LogP contribution in [0, 0.1) is 0 Å². The quantitative estimate of drug-likeness (QED) is 0.277. The van der Waals surface area contributed by atoms with E-state index in [0.717, 1.165) is 14.5 Å². The van der Waals surface area contributed by atoms with E-state index in [9.17, 15) is 13.2 Å². The minimum atomic E-state index is -4.10. The van der Waals surface area contributed by atoms with Crippen LogP contribution in [-0.4, -0.2) is 25.9 Å². The first kappa shape index (κ1) is 23.5. The van der Waals surface area contributed by atoms with E-state index in [4.69, 9.17) is 4.74 Å². The Labute approximate surface area is 212 Å². The second-order valence-electron chi connectivity index (χ2n) is 7.79. The number of nitrogens with one attached hydrogen (secondary N) is 1. The van der Waals surface area contributed by atoms with E-state index >= 15 is 0 Å². The van der Waals surface area contributed by atoms with E-state index in [1.54, 1.807) is 66.2 Å². The standard InChI is InChI=1S/C27H21N3O4S2/c31-27(29-20-15-16-23-26(17-20)35-19-28-23)18-30(36(32,33)22-11-5-2-6-12-22)24-13-7-8-14-25(24)34-21-9-3-1-4-10-21/h1-17,19H,18H2,(H,29,31). The van der Waals surface area contributed by atoms with Gasteiger partial charge in [0.25, 0.3) is 10.0 Å². The predicted octanol–water partition coefficient (Wildman–Crippen LogP) is 5.92. The van der Waals surface area contributed by atoms with Gasteiger partial charge in [0.05, 0.1) is 26.3 Å². The SMILES string of the molecule is O=C(CN(c1ccccc1Oc1ccccc1)S(=O)(=O)c1ccccc1)Nc1ccc2ncsc2c1. The van der Waals surface area contributed by atoms with Gasteiger partial charge >= 0.3 is 0 Å². The summed E-state index contributed by atoms with van der Waals surface area (Å²) < 4.78 is 35.5. The van der Waals surface area contributed by atoms with Gasteiger partial charge in [-0.3, -0.25) is 9.10 Å². The third-order valence-corrected chi connectivity index (χ3v) is 7.90. The molecule has 7 nitrogen and oxygen atoms in total. The molecule has 5 rings (SSSR count). The summed E-state index contributed by atoms with van der Waals surface area (Å²) in [5.41, 5.74) is 3.37. The average Bonchev–Trinajstić information content (AvgIpc) is 3.37. The van der Waals surface area contributed by atoms with Gasteiger partial charge in [0.2, 0.25) is 5.91 Å². The van der Waals surface area contributed by atoms with Crippen LogP contribution in [0.1, 0.15) is 0 Å². The zero-order valence-electron chi connectivity index (χ0n) is 18.9. The van der Waals surface area contributed by atoms with Crippen molar-refractivity contribution in [1.82, 2.24) is 4.98 Å². The van der Waals surface area contributed by atoms with E-state index < -0.39 is 22.5 Å². The summed E-state index contributed by atoms with van der Waals surface area (Å²) in [6.45, 7) is -0.451. The zero-order chi connectivity index (χ0) is 25.0. The number of anilines is 2. The number of nitrogens with zero attached hydrogens (tertiary/aromatic N) is 2. The third-order valence-electron chi connectivity index (χ3n) is 5.34. The second kappa shape index (κ2) is 10.2. The maximum absolute atomic E-state index is 13.7. The molecule has 4 aromatic carbocycles. The molecule has 0 aliphatic heterocycles. The van der Waals surface area contributed by atoms with Crippen LogP contribution in [0.2, 0.25) is 0 Å². The highest BCUT2D eigenvalue weighted by atomic mass is 32.2. The van der Waals surface area contributed by atoms with Crippen molar-refractivity contribution in [2.45, 2.75) is 4.90 Å². The van der Waals surface area contributed by atoms with Crippen molar-refractivity contribution in [3.05, 3.63) is 109 Å². The molecule has 5 aromatic rings. The van der Waals surface area contributed by atoms with Crippen LogP contribution in [0.15, 0.2) is 114 Å². The Balaban J connectivity index is 1.50. The minimum absolute atomic E-state index is 0.0680. The number of rotatable bonds is 8. The van der Waals surface area contributed by atoms with Gasteiger partial charge in [-0.1, -0.05) is 48.5 Å². The normalized spacial score (nSPS) is 11.2. The second-order valence-corrected chi connectivity index (χ2v) is 10.5. The highest BCUT2D eigenvalue weighted by molar-refractivity contribution is 7.92. The Hall–Kier alpha value is -4.21. The molecule has 1 N–H and O–H groups in total. The van der Waals surface area contributed by atoms with Gasteiger partial charge in [-0.25, -0.2) is 13.4 Å². The molecule has 0 fully saturated rings. The Morgan fingerprint density at radius 3 is 2.36 bits per heavy atom. The summed E-state index contributed by atoms with van der Waals surface area (Å²) in [6.07, 6.45) is 0. The van der Waals surface area contributed by atoms with E-state index in [1.165, 1.54) is 23.5 Å². The van der Waals surface area contributed by atoms with Crippen LogP contribution >= 0.6 is 11.3 Å². The number of sulfonamides is 1. The lowest BCUT2D eigenvalue weighted by atomic mass is 10.2. The number of ether oxygens (including phenoxy) is 1. The Morgan fingerprint density at radius 2 is 1.58 bits per heavy atom. The van der Waals surface area contributed by atoms with Gasteiger partial charge in [0.1, 0.15) is 12.3 Å². The van der Waals surface area contributed by atoms with E-state index in [0.29, 0.717) is 17.2 Å². The van der Waals surface area contributed by atoms with Crippen LogP contribution < -0.4 is 14.4 Å². The molecule has 1 heterocycles. The summed E-state index contributed by atoms with van der Waals surface area (Å²) in [6, 6.07) is 29.2. The Bertz CT molecular complexity index is 1600. The Morgan fingerprint density at radius 1 is 0.889 bits per heavy atom. The number of benzene rings is 4. The smallest absolute Gasteiger partial charge is 0.264 e. The number of thiazole rings is 1. The van der Waals surface area contributed by atoms with Crippen molar-refractivity contribution in [3.8, 4) is 11.5 Å². The molecule has 0 bridgehead atoms. The van der Waals surface area contributed by atoms with Gasteiger partial charge in [-0.15, -0.1) is 11.3 Å². The Kier molecular flexibility index (Phi) is 6.66. The fraction of sp³-hybridized carbons (Fsp3) is 0.0370. The van der Waals surface area contributed by atoms with E-state index in [2.05, 4.69) is 10.3 Å². The highest BCUT2D eigenvalue weighted by Gasteiger charge is 2.29. The molecular weight excluding hydrogens is 494 g/mol. The largest absolute Gasteiger partial charge is 0.455 e. The zero-order valence-corrected chi connectivity index (χ0v) is 20.6. The molecule has 36 heavy (non-hydrogen) atoms. The number of carbonyl (C=O) groups is 1. The molecule has 0 radical (unpaired) electrons. The van der Waals surface area contributed by atoms with Crippen molar-refractivity contribution in [3.63, 3.8) is 0 Å². The summed E-state index contributed by atoms with van der Waals surface area (Å²) in [5, 5.41) is 2.81. The van der Waals surface area contributed by atoms with Gasteiger partial charge in [0.15, 0.2) is 5.75 Å². The minimum Gasteiger partial charge on any atom is -0.455 e. The van der Waals surface area contributed by atoms with E-state index in [-0.39, 0.29) is 10.6 Å². The molecule has 0 saturated heterocycles. The van der Waals surface area contributed by atoms with Crippen LogP contribution in [-0.2, 0) is 14.8 Å². The monoisotopic (exact) mass is 515 g/mol. The van der Waals surface area contributed by atoms with Gasteiger partial charge < -0.3 is 10.1 Å². The summed E-state index contributed by atoms with van der Waals surface area (Å²) in [4.78, 5) is 17.5. The molecule has 0 saturated carbocycles. The lowest BCUT2D eigenvalue weighted by molar-refractivity contribution is -0.114. The first-order valence-corrected chi connectivity index (χ1v) is 13.4. The number of para-hydroxylation sites is 3. The van der Waals surface area contributed by atoms with Crippen molar-refractivity contribution in [2.75, 3.05) is 16.2 Å². The van der Waals surface area contributed by atoms with Crippen LogP contribution in [0.3, 0.4) is 0 Å². The first-order valence-electron chi connectivity index (χ1n) is 11.0. The van der Waals surface area contributed by atoms with Crippen molar-refractivity contribution >= 4 is 48.9 Å². The molecule has 0 spiro atoms. The van der Waals surface area contributed by atoms with Gasteiger partial charge in [0, 0.05) is 5.69 Å². The molecular formula is C27H21N3O4S2. The molecule has 0 aliphatic rings. The highest BCUT2D eigenvalue weighted by Crippen LogP contribution is 2.35. The summed E-state index contributed by atoms with van der Waals surface area (Å²) >= 11 is 1.46. The van der Waals surface area contributed by atoms with Crippen LogP contribution in [0.4, 0.5) is 11.4 Å². The molecule has 180 valence electrons. The van der Waals surface area contributed by atoms with Crippen molar-refractivity contribution in [2.24, 2.45) is 0 Å². The predicted molar refractivity (Wildman–Crippen MR) is 142 cm³/mol. The van der Waals surface area contributed by atoms with Crippen molar-refractivity contribution in [1.29, 1.82) is 0 Å². The lowest BCUT2D eigenvalue weighted by Crippen LogP contribution is -2.38. The number of aromatic nitrogens is 1.